The van der Waals surface area contributed by atoms with E-state index < -0.39 is 21.8 Å². The molecule has 0 fully saturated rings. The Hall–Kier alpha value is -3.72. The minimum Gasteiger partial charge on any atom is -0.462 e. The summed E-state index contributed by atoms with van der Waals surface area (Å²) in [5.74, 6) is -1.31. The molecule has 3 aromatic rings. The van der Waals surface area contributed by atoms with Crippen molar-refractivity contribution in [2.75, 3.05) is 16.2 Å². The summed E-state index contributed by atoms with van der Waals surface area (Å²) < 4.78 is 45.9. The van der Waals surface area contributed by atoms with E-state index in [9.17, 15) is 22.4 Å². The van der Waals surface area contributed by atoms with Crippen LogP contribution in [0.3, 0.4) is 0 Å². The predicted octanol–water partition coefficient (Wildman–Crippen LogP) is 4.39. The van der Waals surface area contributed by atoms with Crippen molar-refractivity contribution in [3.05, 3.63) is 89.2 Å². The van der Waals surface area contributed by atoms with Crippen LogP contribution in [0.1, 0.15) is 40.1 Å². The highest BCUT2D eigenvalue weighted by Crippen LogP contribution is 2.37. The van der Waals surface area contributed by atoms with Crippen LogP contribution in [0.2, 0.25) is 0 Å². The van der Waals surface area contributed by atoms with Crippen LogP contribution in [0.4, 0.5) is 15.8 Å². The van der Waals surface area contributed by atoms with Gasteiger partial charge in [0.1, 0.15) is 5.82 Å². The molecule has 0 saturated heterocycles. The summed E-state index contributed by atoms with van der Waals surface area (Å²) >= 11 is 0. The topological polar surface area (TPSA) is 92.8 Å². The summed E-state index contributed by atoms with van der Waals surface area (Å²) in [6, 6.07) is 15.5. The largest absolute Gasteiger partial charge is 0.462 e. The standard InChI is InChI=1S/C25H23FN2O5S/c1-3-33-25(30)17-4-9-21(10-5-17)27-24(29)18-6-13-23-19(15-18)14-16(2)28(23)34(31,32)22-11-7-20(26)8-12-22/h4-13,15-16H,3,14H2,1-2H3,(H,27,29)/t16-/m1/s1. The molecule has 1 amide bonds. The lowest BCUT2D eigenvalue weighted by molar-refractivity contribution is 0.0526. The van der Waals surface area contributed by atoms with E-state index in [2.05, 4.69) is 5.32 Å². The van der Waals surface area contributed by atoms with Gasteiger partial charge in [0.2, 0.25) is 0 Å². The summed E-state index contributed by atoms with van der Waals surface area (Å²) in [5, 5.41) is 2.77. The van der Waals surface area contributed by atoms with E-state index in [4.69, 9.17) is 4.74 Å². The van der Waals surface area contributed by atoms with Gasteiger partial charge < -0.3 is 10.1 Å². The Balaban J connectivity index is 1.54. The van der Waals surface area contributed by atoms with Gasteiger partial charge in [0.15, 0.2) is 0 Å². The lowest BCUT2D eigenvalue weighted by atomic mass is 10.1. The summed E-state index contributed by atoms with van der Waals surface area (Å²) in [4.78, 5) is 24.5. The molecule has 0 aromatic heterocycles. The van der Waals surface area contributed by atoms with Crippen molar-refractivity contribution >= 4 is 33.3 Å². The summed E-state index contributed by atoms with van der Waals surface area (Å²) in [7, 11) is -3.89. The molecule has 1 atom stereocenters. The van der Waals surface area contributed by atoms with Gasteiger partial charge in [-0.2, -0.15) is 0 Å². The van der Waals surface area contributed by atoms with E-state index in [1.54, 1.807) is 56.3 Å². The van der Waals surface area contributed by atoms with Crippen LogP contribution in [0, 0.1) is 5.82 Å². The van der Waals surface area contributed by atoms with Gasteiger partial charge in [0.25, 0.3) is 15.9 Å². The zero-order valence-electron chi connectivity index (χ0n) is 18.6. The van der Waals surface area contributed by atoms with E-state index in [1.807, 2.05) is 0 Å². The van der Waals surface area contributed by atoms with Crippen molar-refractivity contribution in [2.45, 2.75) is 31.2 Å². The van der Waals surface area contributed by atoms with Crippen LogP contribution < -0.4 is 9.62 Å². The number of rotatable bonds is 6. The summed E-state index contributed by atoms with van der Waals surface area (Å²) in [6.07, 6.45) is 0.436. The monoisotopic (exact) mass is 482 g/mol. The number of carbonyl (C=O) groups excluding carboxylic acids is 2. The SMILES string of the molecule is CCOC(=O)c1ccc(NC(=O)c2ccc3c(c2)C[C@@H](C)N3S(=O)(=O)c2ccc(F)cc2)cc1. The molecule has 176 valence electrons. The normalized spacial score (nSPS) is 15.0. The fourth-order valence-electron chi connectivity index (χ4n) is 3.94. The Morgan fingerprint density at radius 1 is 1.03 bits per heavy atom. The van der Waals surface area contributed by atoms with Crippen LogP contribution in [-0.2, 0) is 21.2 Å². The zero-order valence-corrected chi connectivity index (χ0v) is 19.4. The molecule has 0 aliphatic carbocycles. The molecular weight excluding hydrogens is 459 g/mol. The number of nitrogens with one attached hydrogen (secondary N) is 1. The molecule has 1 heterocycles. The van der Waals surface area contributed by atoms with Crippen LogP contribution in [0.15, 0.2) is 71.6 Å². The molecule has 34 heavy (non-hydrogen) atoms. The number of ether oxygens (including phenoxy) is 1. The number of fused-ring (bicyclic) bond motifs is 1. The Morgan fingerprint density at radius 2 is 1.68 bits per heavy atom. The minimum absolute atomic E-state index is 0.00156. The minimum atomic E-state index is -3.89. The lowest BCUT2D eigenvalue weighted by Crippen LogP contribution is -2.35. The molecule has 1 aliphatic rings. The van der Waals surface area contributed by atoms with Gasteiger partial charge in [0.05, 0.1) is 22.8 Å². The quantitative estimate of drug-likeness (QED) is 0.526. The van der Waals surface area contributed by atoms with Gasteiger partial charge in [-0.15, -0.1) is 0 Å². The van der Waals surface area contributed by atoms with E-state index in [-0.39, 0.29) is 23.5 Å². The van der Waals surface area contributed by atoms with E-state index in [1.165, 1.54) is 16.4 Å². The van der Waals surface area contributed by atoms with Crippen molar-refractivity contribution in [2.24, 2.45) is 0 Å². The predicted molar refractivity (Wildman–Crippen MR) is 126 cm³/mol. The molecular formula is C25H23FN2O5S. The third-order valence-electron chi connectivity index (χ3n) is 5.52. The van der Waals surface area contributed by atoms with Crippen molar-refractivity contribution in [3.8, 4) is 0 Å². The van der Waals surface area contributed by atoms with E-state index in [0.29, 0.717) is 28.9 Å². The fraction of sp³-hybridized carbons (Fsp3) is 0.200. The van der Waals surface area contributed by atoms with Crippen molar-refractivity contribution in [1.82, 2.24) is 0 Å². The van der Waals surface area contributed by atoms with E-state index in [0.717, 1.165) is 17.7 Å². The second kappa shape index (κ2) is 9.26. The molecule has 4 rings (SSSR count). The number of esters is 1. The zero-order chi connectivity index (χ0) is 24.5. The van der Waals surface area contributed by atoms with Gasteiger partial charge in [0, 0.05) is 17.3 Å². The number of nitrogens with zero attached hydrogens (tertiary/aromatic N) is 1. The maximum atomic E-state index is 13.3. The highest BCUT2D eigenvalue weighted by atomic mass is 32.2. The lowest BCUT2D eigenvalue weighted by Gasteiger charge is -2.24. The number of hydrogen-bond donors (Lipinski definition) is 1. The van der Waals surface area contributed by atoms with Crippen molar-refractivity contribution < 1.29 is 27.1 Å². The number of anilines is 2. The van der Waals surface area contributed by atoms with Crippen LogP contribution in [0.5, 0.6) is 0 Å². The Morgan fingerprint density at radius 3 is 2.32 bits per heavy atom. The van der Waals surface area contributed by atoms with Crippen LogP contribution in [-0.4, -0.2) is 32.9 Å². The Bertz CT molecular complexity index is 1340. The number of amides is 1. The average molecular weight is 483 g/mol. The van der Waals surface area contributed by atoms with Gasteiger partial charge in [-0.1, -0.05) is 0 Å². The molecule has 0 bridgehead atoms. The third-order valence-corrected chi connectivity index (χ3v) is 7.46. The smallest absolute Gasteiger partial charge is 0.338 e. The van der Waals surface area contributed by atoms with Crippen LogP contribution >= 0.6 is 0 Å². The van der Waals surface area contributed by atoms with Crippen molar-refractivity contribution in [3.63, 3.8) is 0 Å². The molecule has 3 aromatic carbocycles. The van der Waals surface area contributed by atoms with Gasteiger partial charge in [-0.25, -0.2) is 17.6 Å². The number of hydrogen-bond acceptors (Lipinski definition) is 5. The average Bonchev–Trinajstić information content (AvgIpc) is 3.15. The first-order valence-electron chi connectivity index (χ1n) is 10.7. The highest BCUT2D eigenvalue weighted by Gasteiger charge is 2.36. The van der Waals surface area contributed by atoms with Crippen molar-refractivity contribution in [1.29, 1.82) is 0 Å². The molecule has 0 spiro atoms. The third kappa shape index (κ3) is 4.51. The van der Waals surface area contributed by atoms with Crippen LogP contribution in [0.25, 0.3) is 0 Å². The number of carbonyl (C=O) groups is 2. The fourth-order valence-corrected chi connectivity index (χ4v) is 5.63. The first-order valence-corrected chi connectivity index (χ1v) is 12.2. The maximum Gasteiger partial charge on any atom is 0.338 e. The van der Waals surface area contributed by atoms with E-state index >= 15 is 0 Å². The Labute approximate surface area is 197 Å². The highest BCUT2D eigenvalue weighted by molar-refractivity contribution is 7.92. The first-order chi connectivity index (χ1) is 16.2. The summed E-state index contributed by atoms with van der Waals surface area (Å²) in [5.41, 5.74) is 2.48. The second-order valence-electron chi connectivity index (χ2n) is 7.90. The maximum absolute atomic E-state index is 13.3. The molecule has 0 saturated carbocycles. The number of benzene rings is 3. The molecule has 1 aliphatic heterocycles. The molecule has 9 heteroatoms. The number of sulfonamides is 1. The van der Waals surface area contributed by atoms with Gasteiger partial charge in [-0.05, 0) is 92.6 Å². The Kier molecular flexibility index (Phi) is 6.39. The second-order valence-corrected chi connectivity index (χ2v) is 9.72. The molecule has 7 nitrogen and oxygen atoms in total. The molecule has 1 N–H and O–H groups in total. The van der Waals surface area contributed by atoms with Gasteiger partial charge in [-0.3, -0.25) is 9.10 Å². The molecule has 0 radical (unpaired) electrons. The van der Waals surface area contributed by atoms with Gasteiger partial charge >= 0.3 is 5.97 Å². The summed E-state index contributed by atoms with van der Waals surface area (Å²) in [6.45, 7) is 3.78. The number of halogens is 1. The first kappa shape index (κ1) is 23.4. The molecule has 0 unspecified atom stereocenters.